The molecule has 2 nitrogen and oxygen atoms in total. The van der Waals surface area contributed by atoms with Gasteiger partial charge in [-0.3, -0.25) is 0 Å². The van der Waals surface area contributed by atoms with Gasteiger partial charge in [-0.05, 0) is 50.2 Å². The molecule has 0 spiro atoms. The Kier molecular flexibility index (Phi) is 6.28. The number of rotatable bonds is 8. The summed E-state index contributed by atoms with van der Waals surface area (Å²) in [5.74, 6) is 0. The molecule has 2 atom stereocenters. The first kappa shape index (κ1) is 17.6. The second kappa shape index (κ2) is 8.21. The van der Waals surface area contributed by atoms with Crippen LogP contribution in [0.25, 0.3) is 0 Å². The Morgan fingerprint density at radius 2 is 1.04 bits per heavy atom. The molecule has 0 saturated carbocycles. The Bertz CT molecular complexity index is 517. The van der Waals surface area contributed by atoms with Crippen molar-refractivity contribution in [2.45, 2.75) is 51.1 Å². The van der Waals surface area contributed by atoms with Gasteiger partial charge in [-0.15, -0.1) is 0 Å². The predicted octanol–water partition coefficient (Wildman–Crippen LogP) is 5.70. The lowest BCUT2D eigenvalue weighted by Crippen LogP contribution is -2.37. The van der Waals surface area contributed by atoms with Gasteiger partial charge in [0, 0.05) is 23.5 Å². The summed E-state index contributed by atoms with van der Waals surface area (Å²) >= 11 is 0. The highest BCUT2D eigenvalue weighted by atomic mass is 28.3. The van der Waals surface area contributed by atoms with Crippen molar-refractivity contribution in [3.63, 3.8) is 0 Å². The average molecular weight is 327 g/mol. The lowest BCUT2D eigenvalue weighted by molar-refractivity contribution is 0.832. The summed E-state index contributed by atoms with van der Waals surface area (Å²) in [7, 11) is -1.26. The molecule has 0 fully saturated rings. The molecule has 0 amide bonds. The first-order chi connectivity index (χ1) is 10.9. The van der Waals surface area contributed by atoms with Gasteiger partial charge in [-0.2, -0.15) is 0 Å². The molecule has 2 unspecified atom stereocenters. The maximum Gasteiger partial charge on any atom is 0.0513 e. The van der Waals surface area contributed by atoms with E-state index < -0.39 is 8.07 Å². The van der Waals surface area contributed by atoms with E-state index in [9.17, 15) is 0 Å². The van der Waals surface area contributed by atoms with Crippen LogP contribution in [0.3, 0.4) is 0 Å². The third-order valence-corrected chi connectivity index (χ3v) is 7.53. The summed E-state index contributed by atoms with van der Waals surface area (Å²) in [5, 5.41) is 7.27. The Morgan fingerprint density at radius 3 is 1.39 bits per heavy atom. The third kappa shape index (κ3) is 6.49. The molecule has 2 aromatic carbocycles. The quantitative estimate of drug-likeness (QED) is 0.608. The molecule has 2 aromatic rings. The van der Waals surface area contributed by atoms with Crippen LogP contribution in [-0.2, 0) is 0 Å². The van der Waals surface area contributed by atoms with Crippen molar-refractivity contribution in [2.24, 2.45) is 0 Å². The van der Waals surface area contributed by atoms with Crippen LogP contribution in [0.15, 0.2) is 60.7 Å². The van der Waals surface area contributed by atoms with Gasteiger partial charge in [0.2, 0.25) is 0 Å². The van der Waals surface area contributed by atoms with Gasteiger partial charge in [0.05, 0.1) is 8.07 Å². The van der Waals surface area contributed by atoms with E-state index in [4.69, 9.17) is 0 Å². The summed E-state index contributed by atoms with van der Waals surface area (Å²) < 4.78 is 0. The molecule has 0 aliphatic rings. The molecule has 2 rings (SSSR count). The first-order valence-corrected chi connectivity index (χ1v) is 12.0. The summed E-state index contributed by atoms with van der Waals surface area (Å²) in [6, 6.07) is 24.6. The van der Waals surface area contributed by atoms with Crippen molar-refractivity contribution in [2.75, 3.05) is 10.6 Å². The number of para-hydroxylation sites is 2. The van der Waals surface area contributed by atoms with Crippen LogP contribution in [0.2, 0.25) is 25.2 Å². The maximum atomic E-state index is 3.64. The van der Waals surface area contributed by atoms with Gasteiger partial charge in [0.15, 0.2) is 0 Å². The van der Waals surface area contributed by atoms with E-state index in [0.717, 1.165) is 0 Å². The van der Waals surface area contributed by atoms with Gasteiger partial charge < -0.3 is 10.6 Å². The van der Waals surface area contributed by atoms with E-state index in [2.05, 4.69) is 98.2 Å². The van der Waals surface area contributed by atoms with Crippen molar-refractivity contribution in [3.8, 4) is 0 Å². The Balaban J connectivity index is 1.83. The van der Waals surface area contributed by atoms with Crippen molar-refractivity contribution < 1.29 is 0 Å². The SMILES string of the molecule is CC(C[Si](C)(C)CC(C)Nc1ccccc1)Nc1ccccc1. The van der Waals surface area contributed by atoms with Crippen molar-refractivity contribution in [1.29, 1.82) is 0 Å². The highest BCUT2D eigenvalue weighted by Crippen LogP contribution is 2.23. The van der Waals surface area contributed by atoms with Crippen LogP contribution in [-0.4, -0.2) is 20.2 Å². The van der Waals surface area contributed by atoms with Crippen LogP contribution in [0.4, 0.5) is 11.4 Å². The first-order valence-electron chi connectivity index (χ1n) is 8.58. The molecule has 23 heavy (non-hydrogen) atoms. The number of hydrogen-bond acceptors (Lipinski definition) is 2. The van der Waals surface area contributed by atoms with Crippen LogP contribution < -0.4 is 10.6 Å². The standard InChI is InChI=1S/C20H30N2Si/c1-17(21-19-11-7-5-8-12-19)15-23(3,4)16-18(2)22-20-13-9-6-10-14-20/h5-14,17-18,21-22H,15-16H2,1-4H3. The Labute approximate surface area is 142 Å². The molecule has 2 N–H and O–H groups in total. The van der Waals surface area contributed by atoms with Crippen LogP contribution >= 0.6 is 0 Å². The highest BCUT2D eigenvalue weighted by Gasteiger charge is 2.25. The average Bonchev–Trinajstić information content (AvgIpc) is 2.47. The monoisotopic (exact) mass is 326 g/mol. The topological polar surface area (TPSA) is 24.1 Å². The largest absolute Gasteiger partial charge is 0.383 e. The normalized spacial score (nSPS) is 14.1. The van der Waals surface area contributed by atoms with Crippen molar-refractivity contribution in [1.82, 2.24) is 0 Å². The Hall–Kier alpha value is -1.74. The molecule has 0 heterocycles. The fourth-order valence-corrected chi connectivity index (χ4v) is 7.17. The number of hydrogen-bond donors (Lipinski definition) is 2. The zero-order valence-corrected chi connectivity index (χ0v) is 15.8. The van der Waals surface area contributed by atoms with Gasteiger partial charge in [-0.25, -0.2) is 0 Å². The van der Waals surface area contributed by atoms with E-state index in [1.54, 1.807) is 0 Å². The van der Waals surface area contributed by atoms with Crippen molar-refractivity contribution >= 4 is 19.4 Å². The van der Waals surface area contributed by atoms with Crippen LogP contribution in [0.1, 0.15) is 13.8 Å². The molecule has 0 bridgehead atoms. The van der Waals surface area contributed by atoms with Gasteiger partial charge >= 0.3 is 0 Å². The molecule has 0 aliphatic heterocycles. The smallest absolute Gasteiger partial charge is 0.0513 e. The molecular weight excluding hydrogens is 296 g/mol. The lowest BCUT2D eigenvalue weighted by Gasteiger charge is -2.30. The van der Waals surface area contributed by atoms with Gasteiger partial charge in [-0.1, -0.05) is 49.5 Å². The van der Waals surface area contributed by atoms with Crippen LogP contribution in [0, 0.1) is 0 Å². The summed E-state index contributed by atoms with van der Waals surface area (Å²) in [4.78, 5) is 0. The zero-order chi connectivity index (χ0) is 16.7. The lowest BCUT2D eigenvalue weighted by atomic mass is 10.3. The van der Waals surface area contributed by atoms with Crippen LogP contribution in [0.5, 0.6) is 0 Å². The number of anilines is 2. The highest BCUT2D eigenvalue weighted by molar-refractivity contribution is 6.77. The fourth-order valence-electron chi connectivity index (χ4n) is 3.48. The second-order valence-electron chi connectivity index (χ2n) is 7.40. The molecule has 0 saturated heterocycles. The molecule has 3 heteroatoms. The van der Waals surface area contributed by atoms with Crippen molar-refractivity contribution in [3.05, 3.63) is 60.7 Å². The number of benzene rings is 2. The molecular formula is C20H30N2Si. The summed E-state index contributed by atoms with van der Waals surface area (Å²) in [6.45, 7) is 9.60. The van der Waals surface area contributed by atoms with E-state index >= 15 is 0 Å². The van der Waals surface area contributed by atoms with Gasteiger partial charge in [0.1, 0.15) is 0 Å². The van der Waals surface area contributed by atoms with E-state index in [1.807, 2.05) is 0 Å². The molecule has 124 valence electrons. The third-order valence-electron chi connectivity index (χ3n) is 4.09. The molecule has 0 aliphatic carbocycles. The maximum absolute atomic E-state index is 3.64. The predicted molar refractivity (Wildman–Crippen MR) is 106 cm³/mol. The minimum atomic E-state index is -1.26. The van der Waals surface area contributed by atoms with E-state index in [1.165, 1.54) is 23.5 Å². The summed E-state index contributed by atoms with van der Waals surface area (Å²) in [6.07, 6.45) is 0. The Morgan fingerprint density at radius 1 is 0.696 bits per heavy atom. The zero-order valence-electron chi connectivity index (χ0n) is 14.8. The molecule has 0 radical (unpaired) electrons. The minimum Gasteiger partial charge on any atom is -0.383 e. The second-order valence-corrected chi connectivity index (χ2v) is 12.5. The number of nitrogens with one attached hydrogen (secondary N) is 2. The van der Waals surface area contributed by atoms with E-state index in [0.29, 0.717) is 12.1 Å². The summed E-state index contributed by atoms with van der Waals surface area (Å²) in [5.41, 5.74) is 2.44. The van der Waals surface area contributed by atoms with Gasteiger partial charge in [0.25, 0.3) is 0 Å². The van der Waals surface area contributed by atoms with E-state index in [-0.39, 0.29) is 0 Å². The fraction of sp³-hybridized carbons (Fsp3) is 0.400. The molecule has 0 aromatic heterocycles. The minimum absolute atomic E-state index is 0.517.